The molecule has 0 radical (unpaired) electrons. The Morgan fingerprint density at radius 2 is 1.68 bits per heavy atom. The number of aryl methyl sites for hydroxylation is 4. The molecule has 1 aliphatic heterocycles. The lowest BCUT2D eigenvalue weighted by Crippen LogP contribution is -2.39. The lowest BCUT2D eigenvalue weighted by atomic mass is 9.96. The van der Waals surface area contributed by atoms with E-state index in [1.165, 1.54) is 22.2 Å². The van der Waals surface area contributed by atoms with Crippen LogP contribution in [-0.2, 0) is 17.8 Å². The highest BCUT2D eigenvalue weighted by Crippen LogP contribution is 2.28. The van der Waals surface area contributed by atoms with Crippen LogP contribution in [0.2, 0.25) is 0 Å². The maximum absolute atomic E-state index is 12.9. The molecule has 1 amide bonds. The third kappa shape index (κ3) is 4.69. The van der Waals surface area contributed by atoms with Gasteiger partial charge in [-0.25, -0.2) is 4.98 Å². The van der Waals surface area contributed by atoms with Crippen LogP contribution in [0.4, 0.5) is 11.6 Å². The Bertz CT molecular complexity index is 1290. The van der Waals surface area contributed by atoms with E-state index in [1.807, 2.05) is 12.1 Å². The summed E-state index contributed by atoms with van der Waals surface area (Å²) >= 11 is 0. The minimum absolute atomic E-state index is 0.0278. The van der Waals surface area contributed by atoms with Gasteiger partial charge in [-0.3, -0.25) is 4.79 Å². The van der Waals surface area contributed by atoms with Gasteiger partial charge in [-0.1, -0.05) is 48.5 Å². The van der Waals surface area contributed by atoms with Crippen molar-refractivity contribution in [2.24, 2.45) is 5.92 Å². The summed E-state index contributed by atoms with van der Waals surface area (Å²) in [5.41, 5.74) is 6.85. The van der Waals surface area contributed by atoms with Crippen molar-refractivity contribution in [1.82, 2.24) is 9.55 Å². The summed E-state index contributed by atoms with van der Waals surface area (Å²) in [5, 5.41) is 3.13. The molecule has 0 saturated carbocycles. The average Bonchev–Trinajstić information content (AvgIpc) is 3.24. The molecule has 174 valence electrons. The quantitative estimate of drug-likeness (QED) is 0.405. The second-order valence-corrected chi connectivity index (χ2v) is 9.34. The molecule has 1 N–H and O–H groups in total. The third-order valence-corrected chi connectivity index (χ3v) is 7.02. The minimum atomic E-state index is 0.0278. The highest BCUT2D eigenvalue weighted by molar-refractivity contribution is 5.92. The molecule has 1 aliphatic rings. The number of benzene rings is 3. The molecule has 0 aliphatic carbocycles. The molecule has 3 aromatic carbocycles. The van der Waals surface area contributed by atoms with Crippen LogP contribution < -0.4 is 10.2 Å². The third-order valence-electron chi connectivity index (χ3n) is 7.02. The van der Waals surface area contributed by atoms with E-state index in [2.05, 4.69) is 89.3 Å². The van der Waals surface area contributed by atoms with Crippen LogP contribution in [-0.4, -0.2) is 28.5 Å². The summed E-state index contributed by atoms with van der Waals surface area (Å²) in [6, 6.07) is 25.1. The normalized spacial score (nSPS) is 14.5. The van der Waals surface area contributed by atoms with Crippen molar-refractivity contribution in [1.29, 1.82) is 0 Å². The first kappa shape index (κ1) is 22.2. The Morgan fingerprint density at radius 1 is 0.941 bits per heavy atom. The zero-order valence-corrected chi connectivity index (χ0v) is 20.0. The Morgan fingerprint density at radius 3 is 2.44 bits per heavy atom. The molecule has 2 heterocycles. The molecule has 5 rings (SSSR count). The number of piperidine rings is 1. The largest absolute Gasteiger partial charge is 0.342 e. The topological polar surface area (TPSA) is 50.2 Å². The van der Waals surface area contributed by atoms with E-state index in [-0.39, 0.29) is 11.8 Å². The number of amides is 1. The molecular formula is C29H32N4O. The standard InChI is InChI=1S/C29H32N4O/c1-21-12-13-25(20-22(21)2)30-28(34)24-15-17-32(18-16-24)29-31-26-10-6-7-11-27(26)33(29)19-14-23-8-4-3-5-9-23/h3-13,20,24H,14-19H2,1-2H3,(H,30,34). The smallest absolute Gasteiger partial charge is 0.227 e. The van der Waals surface area contributed by atoms with Gasteiger partial charge < -0.3 is 14.8 Å². The maximum Gasteiger partial charge on any atom is 0.227 e. The zero-order valence-electron chi connectivity index (χ0n) is 20.0. The fourth-order valence-electron chi connectivity index (χ4n) is 4.82. The van der Waals surface area contributed by atoms with Gasteiger partial charge in [-0.2, -0.15) is 0 Å². The van der Waals surface area contributed by atoms with Crippen molar-refractivity contribution in [2.45, 2.75) is 39.7 Å². The van der Waals surface area contributed by atoms with E-state index >= 15 is 0 Å². The van der Waals surface area contributed by atoms with Crippen LogP contribution in [0.5, 0.6) is 0 Å². The minimum Gasteiger partial charge on any atom is -0.342 e. The van der Waals surface area contributed by atoms with Gasteiger partial charge >= 0.3 is 0 Å². The number of imidazole rings is 1. The number of carbonyl (C=O) groups is 1. The Labute approximate surface area is 201 Å². The molecule has 1 fully saturated rings. The maximum atomic E-state index is 12.9. The summed E-state index contributed by atoms with van der Waals surface area (Å²) in [5.74, 6) is 1.17. The SMILES string of the molecule is Cc1ccc(NC(=O)C2CCN(c3nc4ccccc4n3CCc3ccccc3)CC2)cc1C. The first-order chi connectivity index (χ1) is 16.6. The fraction of sp³-hybridized carbons (Fsp3) is 0.310. The molecule has 4 aromatic rings. The number of fused-ring (bicyclic) bond motifs is 1. The van der Waals surface area contributed by atoms with Gasteiger partial charge in [-0.15, -0.1) is 0 Å². The van der Waals surface area contributed by atoms with Crippen molar-refractivity contribution < 1.29 is 4.79 Å². The van der Waals surface area contributed by atoms with Crippen LogP contribution in [0.3, 0.4) is 0 Å². The molecule has 1 saturated heterocycles. The molecule has 5 heteroatoms. The summed E-state index contributed by atoms with van der Waals surface area (Å²) in [4.78, 5) is 20.3. The molecule has 1 aromatic heterocycles. The van der Waals surface area contributed by atoms with Crippen LogP contribution in [0.15, 0.2) is 72.8 Å². The predicted octanol–water partition coefficient (Wildman–Crippen LogP) is 5.75. The van der Waals surface area contributed by atoms with E-state index in [9.17, 15) is 4.79 Å². The average molecular weight is 453 g/mol. The predicted molar refractivity (Wildman–Crippen MR) is 139 cm³/mol. The van der Waals surface area contributed by atoms with Gasteiger partial charge in [0.2, 0.25) is 11.9 Å². The van der Waals surface area contributed by atoms with Crippen molar-refractivity contribution in [3.05, 3.63) is 89.5 Å². The Balaban J connectivity index is 1.28. The summed E-state index contributed by atoms with van der Waals surface area (Å²) < 4.78 is 2.35. The first-order valence-electron chi connectivity index (χ1n) is 12.2. The van der Waals surface area contributed by atoms with E-state index in [0.717, 1.165) is 56.0 Å². The summed E-state index contributed by atoms with van der Waals surface area (Å²) in [7, 11) is 0. The van der Waals surface area contributed by atoms with Gasteiger partial charge in [0, 0.05) is 31.2 Å². The number of para-hydroxylation sites is 2. The van der Waals surface area contributed by atoms with Crippen LogP contribution >= 0.6 is 0 Å². The fourth-order valence-corrected chi connectivity index (χ4v) is 4.82. The number of aromatic nitrogens is 2. The molecule has 0 bridgehead atoms. The van der Waals surface area contributed by atoms with Crippen molar-refractivity contribution in [2.75, 3.05) is 23.3 Å². The van der Waals surface area contributed by atoms with Crippen molar-refractivity contribution in [3.8, 4) is 0 Å². The van der Waals surface area contributed by atoms with E-state index in [0.29, 0.717) is 0 Å². The lowest BCUT2D eigenvalue weighted by molar-refractivity contribution is -0.120. The van der Waals surface area contributed by atoms with Gasteiger partial charge in [-0.05, 0) is 74.1 Å². The van der Waals surface area contributed by atoms with Gasteiger partial charge in [0.25, 0.3) is 0 Å². The van der Waals surface area contributed by atoms with E-state index in [1.54, 1.807) is 0 Å². The van der Waals surface area contributed by atoms with Gasteiger partial charge in [0.15, 0.2) is 0 Å². The van der Waals surface area contributed by atoms with E-state index in [4.69, 9.17) is 4.98 Å². The number of hydrogen-bond donors (Lipinski definition) is 1. The molecule has 34 heavy (non-hydrogen) atoms. The monoisotopic (exact) mass is 452 g/mol. The first-order valence-corrected chi connectivity index (χ1v) is 12.2. The van der Waals surface area contributed by atoms with Crippen LogP contribution in [0.25, 0.3) is 11.0 Å². The van der Waals surface area contributed by atoms with Crippen LogP contribution in [0.1, 0.15) is 29.5 Å². The summed E-state index contributed by atoms with van der Waals surface area (Å²) in [6.45, 7) is 6.71. The Hall–Kier alpha value is -3.60. The second-order valence-electron chi connectivity index (χ2n) is 9.34. The van der Waals surface area contributed by atoms with Crippen LogP contribution in [0, 0.1) is 19.8 Å². The molecular weight excluding hydrogens is 420 g/mol. The number of nitrogens with one attached hydrogen (secondary N) is 1. The van der Waals surface area contributed by atoms with Crippen molar-refractivity contribution >= 4 is 28.6 Å². The second kappa shape index (κ2) is 9.72. The molecule has 0 spiro atoms. The molecule has 0 atom stereocenters. The summed E-state index contributed by atoms with van der Waals surface area (Å²) in [6.07, 6.45) is 2.63. The number of carbonyl (C=O) groups excluding carboxylic acids is 1. The highest BCUT2D eigenvalue weighted by Gasteiger charge is 2.27. The lowest BCUT2D eigenvalue weighted by Gasteiger charge is -2.32. The zero-order chi connectivity index (χ0) is 23.5. The Kier molecular flexibility index (Phi) is 6.35. The molecule has 0 unspecified atom stereocenters. The van der Waals surface area contributed by atoms with E-state index < -0.39 is 0 Å². The number of nitrogens with zero attached hydrogens (tertiary/aromatic N) is 3. The number of rotatable bonds is 6. The highest BCUT2D eigenvalue weighted by atomic mass is 16.1. The van der Waals surface area contributed by atoms with Gasteiger partial charge in [0.05, 0.1) is 11.0 Å². The number of anilines is 2. The molecule has 5 nitrogen and oxygen atoms in total. The van der Waals surface area contributed by atoms with Gasteiger partial charge in [0.1, 0.15) is 0 Å². The van der Waals surface area contributed by atoms with Crippen molar-refractivity contribution in [3.63, 3.8) is 0 Å². The number of hydrogen-bond acceptors (Lipinski definition) is 3.